The van der Waals surface area contributed by atoms with Crippen LogP contribution >= 0.6 is 11.6 Å². The number of carbonyl (C=O) groups is 2. The molecule has 1 spiro atoms. The average molecular weight is 468 g/mol. The molecule has 1 aromatic carbocycles. The lowest BCUT2D eigenvalue weighted by molar-refractivity contribution is -0.127. The molecule has 0 radical (unpaired) electrons. The molecule has 1 aromatic heterocycles. The quantitative estimate of drug-likeness (QED) is 0.655. The third-order valence-corrected chi connectivity index (χ3v) is 6.83. The second-order valence-corrected chi connectivity index (χ2v) is 8.73. The van der Waals surface area contributed by atoms with Gasteiger partial charge in [0.25, 0.3) is 5.91 Å². The maximum absolute atomic E-state index is 13.5. The number of amides is 2. The molecule has 0 aliphatic carbocycles. The van der Waals surface area contributed by atoms with Crippen LogP contribution in [-0.2, 0) is 4.79 Å². The van der Waals surface area contributed by atoms with Gasteiger partial charge in [-0.2, -0.15) is 0 Å². The van der Waals surface area contributed by atoms with E-state index < -0.39 is 5.41 Å². The topological polar surface area (TPSA) is 113 Å². The normalized spacial score (nSPS) is 18.0. The molecule has 0 bridgehead atoms. The van der Waals surface area contributed by atoms with Crippen LogP contribution in [0.2, 0.25) is 5.02 Å². The molecule has 33 heavy (non-hydrogen) atoms. The summed E-state index contributed by atoms with van der Waals surface area (Å²) in [7, 11) is 1.55. The lowest BCUT2D eigenvalue weighted by atomic mass is 9.77. The van der Waals surface area contributed by atoms with E-state index in [0.717, 1.165) is 12.1 Å². The van der Waals surface area contributed by atoms with Crippen LogP contribution in [0, 0.1) is 10.8 Å². The Kier molecular flexibility index (Phi) is 6.37. The number of hydrogen-bond donors (Lipinski definition) is 2. The predicted octanol–water partition coefficient (Wildman–Crippen LogP) is 3.35. The fraction of sp³-hybridized carbons (Fsp3) is 0.333. The van der Waals surface area contributed by atoms with Crippen molar-refractivity contribution >= 4 is 40.9 Å². The largest absolute Gasteiger partial charge is 0.496 e. The number of anilines is 1. The van der Waals surface area contributed by atoms with Crippen molar-refractivity contribution in [1.29, 1.82) is 5.41 Å². The summed E-state index contributed by atoms with van der Waals surface area (Å²) in [4.78, 5) is 33.9. The van der Waals surface area contributed by atoms with Crippen LogP contribution < -0.4 is 15.4 Å². The third-order valence-electron chi connectivity index (χ3n) is 6.61. The summed E-state index contributed by atoms with van der Waals surface area (Å²) >= 11 is 5.87. The molecule has 3 N–H and O–H groups in total. The molecular formula is C24H26ClN5O3. The summed E-state index contributed by atoms with van der Waals surface area (Å²) in [5.74, 6) is 0.493. The van der Waals surface area contributed by atoms with Crippen LogP contribution in [0.1, 0.15) is 35.3 Å². The molecule has 2 aromatic rings. The molecule has 0 atom stereocenters. The zero-order chi connectivity index (χ0) is 23.6. The van der Waals surface area contributed by atoms with Crippen LogP contribution in [0.25, 0.3) is 5.57 Å². The number of methoxy groups -OCH3 is 1. The van der Waals surface area contributed by atoms with E-state index in [1.165, 1.54) is 18.6 Å². The average Bonchev–Trinajstić information content (AvgIpc) is 3.16. The number of ether oxygens (including phenoxy) is 1. The smallest absolute Gasteiger partial charge is 0.272 e. The van der Waals surface area contributed by atoms with E-state index in [0.29, 0.717) is 60.1 Å². The van der Waals surface area contributed by atoms with Crippen LogP contribution in [0.15, 0.2) is 42.7 Å². The lowest BCUT2D eigenvalue weighted by Gasteiger charge is -2.37. The predicted molar refractivity (Wildman–Crippen MR) is 128 cm³/mol. The second kappa shape index (κ2) is 9.23. The molecule has 2 saturated heterocycles. The second-order valence-electron chi connectivity index (χ2n) is 8.29. The number of aromatic nitrogens is 1. The Morgan fingerprint density at radius 3 is 2.55 bits per heavy atom. The van der Waals surface area contributed by atoms with Crippen LogP contribution in [0.4, 0.5) is 5.69 Å². The van der Waals surface area contributed by atoms with Crippen LogP contribution in [-0.4, -0.2) is 54.7 Å². The zero-order valence-corrected chi connectivity index (χ0v) is 19.1. The summed E-state index contributed by atoms with van der Waals surface area (Å²) in [5.41, 5.74) is 7.50. The molecule has 4 rings (SSSR count). The Balaban J connectivity index is 1.48. The number of carbonyl (C=O) groups excluding carboxylic acids is 2. The van der Waals surface area contributed by atoms with Gasteiger partial charge < -0.3 is 25.7 Å². The Bertz CT molecular complexity index is 1110. The molecule has 3 heterocycles. The Morgan fingerprint density at radius 2 is 1.94 bits per heavy atom. The first kappa shape index (κ1) is 22.8. The van der Waals surface area contributed by atoms with Crippen molar-refractivity contribution in [2.75, 3.05) is 31.6 Å². The molecule has 9 heteroatoms. The summed E-state index contributed by atoms with van der Waals surface area (Å²) in [6.07, 6.45) is 5.96. The van der Waals surface area contributed by atoms with Gasteiger partial charge in [0, 0.05) is 61.1 Å². The summed E-state index contributed by atoms with van der Waals surface area (Å²) in [5, 5.41) is 8.02. The van der Waals surface area contributed by atoms with E-state index in [9.17, 15) is 9.59 Å². The van der Waals surface area contributed by atoms with E-state index in [-0.39, 0.29) is 11.8 Å². The Morgan fingerprint density at radius 1 is 1.21 bits per heavy atom. The van der Waals surface area contributed by atoms with E-state index in [4.69, 9.17) is 27.5 Å². The standard InChI is InChI=1S/C24H26ClN5O3/c1-33-21-12-18(3-4-19(21)16(13-26)14-27)30-11-8-24(23(30)32)6-9-29(10-7-24)22(31)20-5-2-17(25)15-28-20/h2-5,12-15,26H,6-11,27H2,1H3/b16-14+,26-13?. The maximum atomic E-state index is 13.5. The highest BCUT2D eigenvalue weighted by Gasteiger charge is 2.49. The van der Waals surface area contributed by atoms with Gasteiger partial charge in [0.1, 0.15) is 11.4 Å². The maximum Gasteiger partial charge on any atom is 0.272 e. The number of piperidine rings is 1. The van der Waals surface area contributed by atoms with E-state index in [1.807, 2.05) is 18.2 Å². The minimum atomic E-state index is -0.465. The minimum absolute atomic E-state index is 0.0793. The van der Waals surface area contributed by atoms with Gasteiger partial charge >= 0.3 is 0 Å². The number of allylic oxidation sites excluding steroid dienone is 1. The first-order valence-corrected chi connectivity index (χ1v) is 11.1. The van der Waals surface area contributed by atoms with E-state index >= 15 is 0 Å². The van der Waals surface area contributed by atoms with Crippen LogP contribution in [0.5, 0.6) is 5.75 Å². The molecule has 0 saturated carbocycles. The van der Waals surface area contributed by atoms with Crippen molar-refractivity contribution in [3.05, 3.63) is 59.0 Å². The number of nitrogens with zero attached hydrogens (tertiary/aromatic N) is 3. The highest BCUT2D eigenvalue weighted by atomic mass is 35.5. The zero-order valence-electron chi connectivity index (χ0n) is 18.4. The molecule has 0 unspecified atom stereocenters. The Labute approximate surface area is 197 Å². The number of benzene rings is 1. The van der Waals surface area contributed by atoms with Crippen molar-refractivity contribution in [2.24, 2.45) is 11.1 Å². The first-order valence-electron chi connectivity index (χ1n) is 10.8. The van der Waals surface area contributed by atoms with Gasteiger partial charge in [-0.25, -0.2) is 4.98 Å². The molecule has 172 valence electrons. The molecule has 2 fully saturated rings. The number of likely N-dealkylation sites (tertiary alicyclic amines) is 1. The highest BCUT2D eigenvalue weighted by Crippen LogP contribution is 2.44. The monoisotopic (exact) mass is 467 g/mol. The van der Waals surface area contributed by atoms with Crippen molar-refractivity contribution in [3.8, 4) is 5.75 Å². The fourth-order valence-electron chi connectivity index (χ4n) is 4.63. The van der Waals surface area contributed by atoms with Crippen molar-refractivity contribution in [2.45, 2.75) is 19.3 Å². The van der Waals surface area contributed by atoms with Gasteiger partial charge in [-0.1, -0.05) is 11.6 Å². The van der Waals surface area contributed by atoms with Crippen molar-refractivity contribution in [1.82, 2.24) is 9.88 Å². The van der Waals surface area contributed by atoms with Gasteiger partial charge in [-0.05, 0) is 43.5 Å². The highest BCUT2D eigenvalue weighted by molar-refractivity contribution is 6.30. The number of rotatable bonds is 5. The fourth-order valence-corrected chi connectivity index (χ4v) is 4.75. The van der Waals surface area contributed by atoms with Crippen molar-refractivity contribution < 1.29 is 14.3 Å². The van der Waals surface area contributed by atoms with Gasteiger partial charge in [0.2, 0.25) is 5.91 Å². The SMILES string of the molecule is COc1cc(N2CCC3(CCN(C(=O)c4ccc(Cl)cn4)CC3)C2=O)ccc1/C(C=N)=C/N. The third kappa shape index (κ3) is 4.18. The van der Waals surface area contributed by atoms with Gasteiger partial charge in [-0.3, -0.25) is 9.59 Å². The van der Waals surface area contributed by atoms with Gasteiger partial charge in [0.15, 0.2) is 0 Å². The van der Waals surface area contributed by atoms with Crippen LogP contribution in [0.3, 0.4) is 0 Å². The number of halogens is 1. The molecule has 2 aliphatic rings. The molecule has 2 amide bonds. The first-order chi connectivity index (χ1) is 15.9. The Hall–Kier alpha value is -3.39. The number of hydrogen-bond acceptors (Lipinski definition) is 6. The van der Waals surface area contributed by atoms with Crippen molar-refractivity contribution in [3.63, 3.8) is 0 Å². The molecule has 2 aliphatic heterocycles. The van der Waals surface area contributed by atoms with E-state index in [2.05, 4.69) is 4.98 Å². The van der Waals surface area contributed by atoms with E-state index in [1.54, 1.807) is 29.0 Å². The van der Waals surface area contributed by atoms with Gasteiger partial charge in [0.05, 0.1) is 17.5 Å². The number of pyridine rings is 1. The summed E-state index contributed by atoms with van der Waals surface area (Å²) in [6.45, 7) is 1.63. The summed E-state index contributed by atoms with van der Waals surface area (Å²) in [6, 6.07) is 8.76. The number of nitrogens with two attached hydrogens (primary N) is 1. The molecule has 8 nitrogen and oxygen atoms in total. The minimum Gasteiger partial charge on any atom is -0.496 e. The molecular weight excluding hydrogens is 442 g/mol. The lowest BCUT2D eigenvalue weighted by Crippen LogP contribution is -2.46. The van der Waals surface area contributed by atoms with Gasteiger partial charge in [-0.15, -0.1) is 0 Å². The summed E-state index contributed by atoms with van der Waals surface area (Å²) < 4.78 is 5.50. The number of nitrogens with one attached hydrogen (secondary N) is 1.